The Morgan fingerprint density at radius 1 is 1.28 bits per heavy atom. The van der Waals surface area contributed by atoms with Gasteiger partial charge in [0.2, 0.25) is 0 Å². The van der Waals surface area contributed by atoms with Gasteiger partial charge in [-0.2, -0.15) is 5.10 Å². The predicted octanol–water partition coefficient (Wildman–Crippen LogP) is 2.69. The van der Waals surface area contributed by atoms with Crippen LogP contribution in [-0.2, 0) is 9.84 Å². The van der Waals surface area contributed by atoms with Crippen LogP contribution in [0.3, 0.4) is 0 Å². The second-order valence-corrected chi connectivity index (χ2v) is 9.20. The average molecular weight is 442 g/mol. The van der Waals surface area contributed by atoms with E-state index in [-0.39, 0.29) is 22.7 Å². The molecule has 1 aliphatic rings. The van der Waals surface area contributed by atoms with Crippen molar-refractivity contribution < 1.29 is 12.8 Å². The number of furan rings is 1. The van der Waals surface area contributed by atoms with Crippen LogP contribution in [0, 0.1) is 0 Å². The lowest BCUT2D eigenvalue weighted by molar-refractivity contribution is 0.574. The summed E-state index contributed by atoms with van der Waals surface area (Å²) in [7, 11) is -2.94. The minimum absolute atomic E-state index is 0.104. The van der Waals surface area contributed by atoms with Crippen molar-refractivity contribution in [1.82, 2.24) is 10.7 Å². The van der Waals surface area contributed by atoms with E-state index >= 15 is 0 Å². The molecule has 132 valence electrons. The Hall–Kier alpha value is -1.71. The molecule has 0 saturated carbocycles. The second kappa shape index (κ2) is 7.67. The fourth-order valence-corrected chi connectivity index (χ4v) is 4.63. The third-order valence-electron chi connectivity index (χ3n) is 3.68. The van der Waals surface area contributed by atoms with Gasteiger partial charge in [0.1, 0.15) is 11.5 Å². The first-order valence-corrected chi connectivity index (χ1v) is 10.6. The summed E-state index contributed by atoms with van der Waals surface area (Å²) in [6.07, 6.45) is 2.07. The first-order chi connectivity index (χ1) is 11.9. The smallest absolute Gasteiger partial charge is 0.187 e. The largest absolute Gasteiger partial charge is 0.455 e. The van der Waals surface area contributed by atoms with E-state index in [1.165, 1.54) is 6.21 Å². The molecular formula is C16H16BrN3O3S2. The molecule has 0 aliphatic carbocycles. The maximum Gasteiger partial charge on any atom is 0.187 e. The van der Waals surface area contributed by atoms with Crippen molar-refractivity contribution in [1.29, 1.82) is 0 Å². The molecule has 6 nitrogen and oxygen atoms in total. The zero-order chi connectivity index (χ0) is 17.9. The van der Waals surface area contributed by atoms with Gasteiger partial charge in [0, 0.05) is 16.1 Å². The van der Waals surface area contributed by atoms with Gasteiger partial charge in [-0.15, -0.1) is 0 Å². The number of halogens is 1. The third kappa shape index (κ3) is 5.13. The van der Waals surface area contributed by atoms with Crippen LogP contribution in [0.4, 0.5) is 0 Å². The Kier molecular flexibility index (Phi) is 5.55. The number of benzene rings is 1. The molecule has 0 radical (unpaired) electrons. The van der Waals surface area contributed by atoms with Crippen molar-refractivity contribution in [2.45, 2.75) is 12.5 Å². The van der Waals surface area contributed by atoms with E-state index in [0.717, 1.165) is 15.8 Å². The molecule has 1 saturated heterocycles. The van der Waals surface area contributed by atoms with Crippen LogP contribution in [0.2, 0.25) is 0 Å². The van der Waals surface area contributed by atoms with E-state index < -0.39 is 9.84 Å². The number of nitrogens with one attached hydrogen (secondary N) is 2. The molecule has 1 aromatic carbocycles. The number of hydrogen-bond donors (Lipinski definition) is 2. The van der Waals surface area contributed by atoms with Gasteiger partial charge in [-0.05, 0) is 42.9 Å². The molecule has 25 heavy (non-hydrogen) atoms. The highest BCUT2D eigenvalue weighted by Gasteiger charge is 2.28. The summed E-state index contributed by atoms with van der Waals surface area (Å²) in [4.78, 5) is 0. The minimum atomic E-state index is -2.94. The maximum absolute atomic E-state index is 11.4. The Morgan fingerprint density at radius 3 is 2.72 bits per heavy atom. The lowest BCUT2D eigenvalue weighted by atomic mass is 10.2. The minimum Gasteiger partial charge on any atom is -0.455 e. The number of rotatable bonds is 4. The summed E-state index contributed by atoms with van der Waals surface area (Å²) < 4.78 is 29.5. The highest BCUT2D eigenvalue weighted by molar-refractivity contribution is 9.10. The summed E-state index contributed by atoms with van der Waals surface area (Å²) in [6, 6.07) is 11.3. The van der Waals surface area contributed by atoms with Crippen LogP contribution in [0.5, 0.6) is 0 Å². The van der Waals surface area contributed by atoms with Crippen molar-refractivity contribution in [3.8, 4) is 11.3 Å². The highest BCUT2D eigenvalue weighted by Crippen LogP contribution is 2.23. The van der Waals surface area contributed by atoms with Crippen LogP contribution in [0.15, 0.2) is 50.4 Å². The molecular weight excluding hydrogens is 426 g/mol. The van der Waals surface area contributed by atoms with Crippen LogP contribution in [-0.4, -0.2) is 37.3 Å². The number of sulfone groups is 1. The molecule has 1 unspecified atom stereocenters. The van der Waals surface area contributed by atoms with Gasteiger partial charge in [-0.1, -0.05) is 28.1 Å². The Labute approximate surface area is 159 Å². The van der Waals surface area contributed by atoms with Crippen molar-refractivity contribution in [2.24, 2.45) is 5.10 Å². The molecule has 2 N–H and O–H groups in total. The summed E-state index contributed by atoms with van der Waals surface area (Å²) in [5.74, 6) is 1.62. The van der Waals surface area contributed by atoms with Gasteiger partial charge in [-0.3, -0.25) is 5.43 Å². The zero-order valence-corrected chi connectivity index (χ0v) is 16.3. The topological polar surface area (TPSA) is 83.7 Å². The molecule has 1 atom stereocenters. The van der Waals surface area contributed by atoms with Crippen molar-refractivity contribution in [3.05, 3.63) is 46.6 Å². The van der Waals surface area contributed by atoms with E-state index in [9.17, 15) is 8.42 Å². The molecule has 0 spiro atoms. The number of thiocarbonyl (C=S) groups is 1. The molecule has 1 aromatic heterocycles. The molecule has 9 heteroatoms. The molecule has 0 bridgehead atoms. The van der Waals surface area contributed by atoms with Gasteiger partial charge >= 0.3 is 0 Å². The maximum atomic E-state index is 11.4. The molecule has 1 fully saturated rings. The lowest BCUT2D eigenvalue weighted by Gasteiger charge is -2.11. The van der Waals surface area contributed by atoms with Gasteiger partial charge < -0.3 is 9.73 Å². The highest BCUT2D eigenvalue weighted by atomic mass is 79.9. The summed E-state index contributed by atoms with van der Waals surface area (Å²) in [5.41, 5.74) is 3.64. The quantitative estimate of drug-likeness (QED) is 0.431. The van der Waals surface area contributed by atoms with E-state index in [4.69, 9.17) is 16.6 Å². The first-order valence-electron chi connectivity index (χ1n) is 7.57. The average Bonchev–Trinajstić information content (AvgIpc) is 3.15. The molecule has 2 aromatic rings. The monoisotopic (exact) mass is 441 g/mol. The fourth-order valence-electron chi connectivity index (χ4n) is 2.47. The van der Waals surface area contributed by atoms with Crippen LogP contribution in [0.25, 0.3) is 11.3 Å². The van der Waals surface area contributed by atoms with Crippen LogP contribution >= 0.6 is 28.1 Å². The van der Waals surface area contributed by atoms with Crippen molar-refractivity contribution in [2.75, 3.05) is 11.5 Å². The Bertz CT molecular complexity index is 892. The second-order valence-electron chi connectivity index (χ2n) is 5.65. The van der Waals surface area contributed by atoms with Gasteiger partial charge in [0.05, 0.1) is 17.7 Å². The normalized spacial score (nSPS) is 19.2. The molecule has 1 aliphatic heterocycles. The number of hydrogen-bond acceptors (Lipinski definition) is 5. The fraction of sp³-hybridized carbons (Fsp3) is 0.250. The molecule has 2 heterocycles. The van der Waals surface area contributed by atoms with E-state index in [1.54, 1.807) is 0 Å². The Morgan fingerprint density at radius 2 is 2.04 bits per heavy atom. The van der Waals surface area contributed by atoms with Gasteiger partial charge in [0.15, 0.2) is 14.9 Å². The van der Waals surface area contributed by atoms with Crippen molar-refractivity contribution >= 4 is 49.3 Å². The zero-order valence-electron chi connectivity index (χ0n) is 13.1. The van der Waals surface area contributed by atoms with Gasteiger partial charge in [0.25, 0.3) is 0 Å². The van der Waals surface area contributed by atoms with E-state index in [0.29, 0.717) is 12.2 Å². The first kappa shape index (κ1) is 18.1. The molecule has 0 amide bonds. The summed E-state index contributed by atoms with van der Waals surface area (Å²) in [6.45, 7) is 0. The van der Waals surface area contributed by atoms with E-state index in [1.807, 2.05) is 36.4 Å². The third-order valence-corrected chi connectivity index (χ3v) is 6.19. The number of hydrazone groups is 1. The predicted molar refractivity (Wildman–Crippen MR) is 105 cm³/mol. The molecule has 3 rings (SSSR count). The Balaban J connectivity index is 1.52. The standard InChI is InChI=1S/C16H16BrN3O3S2/c17-12-3-1-11(2-4-12)15-6-5-14(23-15)9-18-20-16(24)19-13-7-8-25(21,22)10-13/h1-6,9,13H,7-8,10H2,(H2,19,20,24)/b18-9+. The van der Waals surface area contributed by atoms with Gasteiger partial charge in [-0.25, -0.2) is 8.42 Å². The number of nitrogens with zero attached hydrogens (tertiary/aromatic N) is 1. The van der Waals surface area contributed by atoms with Crippen molar-refractivity contribution in [3.63, 3.8) is 0 Å². The summed E-state index contributed by atoms with van der Waals surface area (Å²) in [5, 5.41) is 7.25. The summed E-state index contributed by atoms with van der Waals surface area (Å²) >= 11 is 8.51. The van der Waals surface area contributed by atoms with Crippen LogP contribution in [0.1, 0.15) is 12.2 Å². The van der Waals surface area contributed by atoms with Crippen LogP contribution < -0.4 is 10.7 Å². The SMILES string of the molecule is O=S1(=O)CCC(NC(=S)N/N=C/c2ccc(-c3ccc(Br)cc3)o2)C1. The lowest BCUT2D eigenvalue weighted by Crippen LogP contribution is -2.40. The van der Waals surface area contributed by atoms with E-state index in [2.05, 4.69) is 31.8 Å².